The molecule has 0 aromatic heterocycles. The van der Waals surface area contributed by atoms with Crippen molar-refractivity contribution in [3.63, 3.8) is 0 Å². The number of ether oxygens (including phenoxy) is 1. The van der Waals surface area contributed by atoms with E-state index in [1.165, 1.54) is 30.3 Å². The average Bonchev–Trinajstić information content (AvgIpc) is 3.02. The molecule has 0 radical (unpaired) electrons. The van der Waals surface area contributed by atoms with Gasteiger partial charge in [0, 0.05) is 0 Å². The van der Waals surface area contributed by atoms with Crippen LogP contribution in [0.3, 0.4) is 0 Å². The van der Waals surface area contributed by atoms with Crippen LogP contribution in [0.1, 0.15) is 5.56 Å². The first kappa shape index (κ1) is 28.5. The van der Waals surface area contributed by atoms with E-state index < -0.39 is 18.1 Å². The second-order valence-electron chi connectivity index (χ2n) is 10.7. The first-order valence-corrected chi connectivity index (χ1v) is 14.1. The molecule has 7 aromatic carbocycles. The summed E-state index contributed by atoms with van der Waals surface area (Å²) < 4.78 is 84.0. The molecule has 7 rings (SSSR count). The van der Waals surface area contributed by atoms with E-state index in [1.54, 1.807) is 6.07 Å². The molecule has 0 N–H and O–H groups in total. The smallest absolute Gasteiger partial charge is 0.406 e. The van der Waals surface area contributed by atoms with Crippen LogP contribution in [0.4, 0.5) is 26.3 Å². The zero-order chi connectivity index (χ0) is 31.3. The lowest BCUT2D eigenvalue weighted by Crippen LogP contribution is -2.16. The fourth-order valence-electron chi connectivity index (χ4n) is 6.10. The zero-order valence-electron chi connectivity index (χ0n) is 23.4. The Bertz CT molecular complexity index is 2210. The van der Waals surface area contributed by atoms with E-state index in [9.17, 15) is 26.3 Å². The van der Waals surface area contributed by atoms with Crippen molar-refractivity contribution in [1.82, 2.24) is 0 Å². The Hall–Kier alpha value is -5.30. The third-order valence-corrected chi connectivity index (χ3v) is 7.98. The monoisotopic (exact) mass is 608 g/mol. The van der Waals surface area contributed by atoms with E-state index in [0.717, 1.165) is 50.2 Å². The summed E-state index contributed by atoms with van der Waals surface area (Å²) in [5.74, 6) is -0.346. The molecule has 0 spiro atoms. The van der Waals surface area contributed by atoms with Crippen molar-refractivity contribution in [2.45, 2.75) is 12.5 Å². The minimum absolute atomic E-state index is 0.346. The summed E-state index contributed by atoms with van der Waals surface area (Å²) in [7, 11) is 0. The Labute approximate surface area is 253 Å². The van der Waals surface area contributed by atoms with E-state index >= 15 is 0 Å². The second-order valence-corrected chi connectivity index (χ2v) is 10.7. The van der Waals surface area contributed by atoms with Gasteiger partial charge in [0.05, 0.1) is 5.56 Å². The van der Waals surface area contributed by atoms with E-state index in [4.69, 9.17) is 0 Å². The maximum atomic E-state index is 13.9. The maximum absolute atomic E-state index is 13.9. The quantitative estimate of drug-likeness (QED) is 0.143. The van der Waals surface area contributed by atoms with Crippen LogP contribution in [0.2, 0.25) is 0 Å². The molecule has 0 amide bonds. The predicted molar refractivity (Wildman–Crippen MR) is 167 cm³/mol. The van der Waals surface area contributed by atoms with Crippen molar-refractivity contribution in [1.29, 1.82) is 0 Å². The van der Waals surface area contributed by atoms with Gasteiger partial charge in [0.15, 0.2) is 0 Å². The Morgan fingerprint density at radius 3 is 1.73 bits per heavy atom. The maximum Gasteiger partial charge on any atom is 0.573 e. The largest absolute Gasteiger partial charge is 0.573 e. The highest BCUT2D eigenvalue weighted by Crippen LogP contribution is 2.47. The van der Waals surface area contributed by atoms with Gasteiger partial charge in [0.1, 0.15) is 5.75 Å². The summed E-state index contributed by atoms with van der Waals surface area (Å²) in [5.41, 5.74) is 3.51. The van der Waals surface area contributed by atoms with E-state index in [2.05, 4.69) is 4.74 Å². The molecule has 0 aliphatic carbocycles. The fourth-order valence-corrected chi connectivity index (χ4v) is 6.10. The van der Waals surface area contributed by atoms with Gasteiger partial charge in [-0.3, -0.25) is 0 Å². The van der Waals surface area contributed by atoms with Crippen LogP contribution in [0.15, 0.2) is 133 Å². The fraction of sp³-hybridized carbons (Fsp3) is 0.0526. The SMILES string of the molecule is FC(F)(F)Oc1ccc(-c2ccc3c(-c4cccc5ccccc45)c4ccccc4c(-c4cccc(C(F)(F)F)c4)c3c2)cc1. The molecule has 7 heteroatoms. The summed E-state index contributed by atoms with van der Waals surface area (Å²) in [6.07, 6.45) is -9.35. The minimum Gasteiger partial charge on any atom is -0.406 e. The number of hydrogen-bond donors (Lipinski definition) is 0. The van der Waals surface area contributed by atoms with Gasteiger partial charge in [-0.05, 0) is 96.0 Å². The van der Waals surface area contributed by atoms with Crippen LogP contribution in [0, 0.1) is 0 Å². The molecule has 0 saturated heterocycles. The number of alkyl halides is 6. The Balaban J connectivity index is 1.56. The van der Waals surface area contributed by atoms with Crippen molar-refractivity contribution >= 4 is 32.3 Å². The zero-order valence-corrected chi connectivity index (χ0v) is 23.4. The number of halogens is 6. The predicted octanol–water partition coefficient (Wildman–Crippen LogP) is 12.1. The Morgan fingerprint density at radius 2 is 1.02 bits per heavy atom. The molecule has 0 bridgehead atoms. The molecule has 1 nitrogen and oxygen atoms in total. The second kappa shape index (κ2) is 10.7. The summed E-state index contributed by atoms with van der Waals surface area (Å²) in [4.78, 5) is 0. The third kappa shape index (κ3) is 5.35. The summed E-state index contributed by atoms with van der Waals surface area (Å²) in [6.45, 7) is 0. The van der Waals surface area contributed by atoms with Gasteiger partial charge in [-0.15, -0.1) is 13.2 Å². The minimum atomic E-state index is -4.82. The normalized spacial score (nSPS) is 12.2. The summed E-state index contributed by atoms with van der Waals surface area (Å²) in [5, 5.41) is 5.28. The number of benzene rings is 7. The number of fused-ring (bicyclic) bond motifs is 3. The topological polar surface area (TPSA) is 9.23 Å². The van der Waals surface area contributed by atoms with E-state index in [-0.39, 0.29) is 5.75 Å². The van der Waals surface area contributed by atoms with E-state index in [0.29, 0.717) is 27.6 Å². The molecular formula is C38H22F6O. The highest BCUT2D eigenvalue weighted by Gasteiger charge is 2.32. The van der Waals surface area contributed by atoms with Crippen molar-refractivity contribution in [3.8, 4) is 39.1 Å². The Kier molecular flexibility index (Phi) is 6.77. The first-order chi connectivity index (χ1) is 21.6. The molecule has 0 saturated carbocycles. The molecule has 0 fully saturated rings. The Morgan fingerprint density at radius 1 is 0.422 bits per heavy atom. The van der Waals surface area contributed by atoms with Crippen LogP contribution in [0.5, 0.6) is 5.75 Å². The molecule has 0 heterocycles. The molecule has 7 aromatic rings. The van der Waals surface area contributed by atoms with E-state index in [1.807, 2.05) is 84.9 Å². The molecule has 0 aliphatic rings. The van der Waals surface area contributed by atoms with Crippen LogP contribution in [0.25, 0.3) is 65.7 Å². The van der Waals surface area contributed by atoms with Gasteiger partial charge in [-0.1, -0.05) is 103 Å². The van der Waals surface area contributed by atoms with Gasteiger partial charge in [0.25, 0.3) is 0 Å². The van der Waals surface area contributed by atoms with Crippen LogP contribution >= 0.6 is 0 Å². The van der Waals surface area contributed by atoms with Crippen LogP contribution in [-0.2, 0) is 6.18 Å². The molecular weight excluding hydrogens is 586 g/mol. The van der Waals surface area contributed by atoms with Gasteiger partial charge in [-0.2, -0.15) is 13.2 Å². The molecule has 222 valence electrons. The highest BCUT2D eigenvalue weighted by atomic mass is 19.4. The lowest BCUT2D eigenvalue weighted by atomic mass is 9.83. The highest BCUT2D eigenvalue weighted by molar-refractivity contribution is 6.24. The van der Waals surface area contributed by atoms with Gasteiger partial charge >= 0.3 is 12.5 Å². The lowest BCUT2D eigenvalue weighted by Gasteiger charge is -2.20. The third-order valence-electron chi connectivity index (χ3n) is 7.98. The summed E-state index contributed by atoms with van der Waals surface area (Å²) >= 11 is 0. The van der Waals surface area contributed by atoms with Crippen molar-refractivity contribution in [2.75, 3.05) is 0 Å². The molecule has 45 heavy (non-hydrogen) atoms. The van der Waals surface area contributed by atoms with Crippen molar-refractivity contribution < 1.29 is 31.1 Å². The first-order valence-electron chi connectivity index (χ1n) is 14.1. The number of rotatable bonds is 4. The molecule has 0 unspecified atom stereocenters. The lowest BCUT2D eigenvalue weighted by molar-refractivity contribution is -0.274. The molecule has 0 atom stereocenters. The standard InChI is InChI=1S/C38H22F6O/c39-37(40,41)27-10-5-9-26(21-27)35-31-12-3-4-13-32(31)36(30-14-6-8-24-7-1-2-11-29(24)30)33-20-17-25(22-34(33)35)23-15-18-28(19-16-23)45-38(42,43)44/h1-22H. The van der Waals surface area contributed by atoms with Gasteiger partial charge in [0.2, 0.25) is 0 Å². The van der Waals surface area contributed by atoms with Crippen LogP contribution < -0.4 is 4.74 Å². The van der Waals surface area contributed by atoms with Crippen LogP contribution in [-0.4, -0.2) is 6.36 Å². The van der Waals surface area contributed by atoms with Crippen molar-refractivity contribution in [3.05, 3.63) is 139 Å². The average molecular weight is 609 g/mol. The van der Waals surface area contributed by atoms with Gasteiger partial charge < -0.3 is 4.74 Å². The number of hydrogen-bond acceptors (Lipinski definition) is 1. The van der Waals surface area contributed by atoms with Gasteiger partial charge in [-0.25, -0.2) is 0 Å². The van der Waals surface area contributed by atoms with Crippen molar-refractivity contribution in [2.24, 2.45) is 0 Å². The molecule has 0 aliphatic heterocycles. The summed E-state index contributed by atoms with van der Waals surface area (Å²) in [6, 6.07) is 38.3.